The number of hydrogen-bond acceptors (Lipinski definition) is 4. The average Bonchev–Trinajstić information content (AvgIpc) is 3.18. The molecule has 164 valence electrons. The van der Waals surface area contributed by atoms with Gasteiger partial charge in [-0.2, -0.15) is 5.10 Å². The fourth-order valence-corrected chi connectivity index (χ4v) is 4.50. The van der Waals surface area contributed by atoms with Gasteiger partial charge < -0.3 is 15.1 Å². The third-order valence-electron chi connectivity index (χ3n) is 6.05. The van der Waals surface area contributed by atoms with E-state index >= 15 is 0 Å². The van der Waals surface area contributed by atoms with E-state index in [9.17, 15) is 4.79 Å². The predicted molar refractivity (Wildman–Crippen MR) is 124 cm³/mol. The van der Waals surface area contributed by atoms with Crippen LogP contribution in [0.1, 0.15) is 39.2 Å². The number of aromatic nitrogens is 2. The molecule has 0 aliphatic carbocycles. The van der Waals surface area contributed by atoms with Gasteiger partial charge in [0.15, 0.2) is 0 Å². The Balaban J connectivity index is 1.67. The van der Waals surface area contributed by atoms with E-state index in [4.69, 9.17) is 5.41 Å². The van der Waals surface area contributed by atoms with Gasteiger partial charge in [-0.25, -0.2) is 0 Å². The third kappa shape index (κ3) is 4.36. The molecular weight excluding hydrogens is 388 g/mol. The lowest BCUT2D eigenvalue weighted by molar-refractivity contribution is -0.128. The fraction of sp³-hybridized carbons (Fsp3) is 0.458. The molecule has 7 nitrogen and oxygen atoms in total. The largest absolute Gasteiger partial charge is 0.386 e. The van der Waals surface area contributed by atoms with Gasteiger partial charge >= 0.3 is 0 Å². The zero-order chi connectivity index (χ0) is 22.1. The molecule has 0 atom stereocenters. The molecule has 0 unspecified atom stereocenters. The summed E-state index contributed by atoms with van der Waals surface area (Å²) in [5.74, 6) is 0.568. The second kappa shape index (κ2) is 8.57. The Hall–Kier alpha value is -3.09. The van der Waals surface area contributed by atoms with Gasteiger partial charge in [0.2, 0.25) is 5.91 Å². The number of rotatable bonds is 4. The number of nitrogens with zero attached hydrogens (tertiary/aromatic N) is 4. The highest BCUT2D eigenvalue weighted by molar-refractivity contribution is 6.09. The molecule has 2 N–H and O–H groups in total. The minimum atomic E-state index is 0.0639. The number of amides is 1. The first kappa shape index (κ1) is 21.2. The number of carbonyl (C=O) groups is 1. The van der Waals surface area contributed by atoms with E-state index in [0.29, 0.717) is 18.9 Å². The number of amidine groups is 1. The second-order valence-electron chi connectivity index (χ2n) is 8.80. The lowest BCUT2D eigenvalue weighted by Crippen LogP contribution is -2.45. The molecule has 0 fully saturated rings. The van der Waals surface area contributed by atoms with Gasteiger partial charge in [-0.05, 0) is 49.9 Å². The Labute approximate surface area is 184 Å². The summed E-state index contributed by atoms with van der Waals surface area (Å²) >= 11 is 0. The first-order valence-corrected chi connectivity index (χ1v) is 11.1. The van der Waals surface area contributed by atoms with Crippen LogP contribution in [0.15, 0.2) is 41.9 Å². The van der Waals surface area contributed by atoms with Gasteiger partial charge in [-0.3, -0.25) is 14.9 Å². The van der Waals surface area contributed by atoms with Crippen LogP contribution in [0, 0.1) is 5.41 Å². The van der Waals surface area contributed by atoms with Crippen molar-refractivity contribution in [1.82, 2.24) is 20.0 Å². The number of aryl methyl sites for hydroxylation is 2. The molecular formula is C24H32N6O. The first-order valence-electron chi connectivity index (χ1n) is 11.1. The smallest absolute Gasteiger partial charge is 0.219 e. The molecule has 1 amide bonds. The number of nitrogens with one attached hydrogen (secondary N) is 2. The van der Waals surface area contributed by atoms with Crippen molar-refractivity contribution in [3.63, 3.8) is 0 Å². The summed E-state index contributed by atoms with van der Waals surface area (Å²) in [6.45, 7) is 7.84. The van der Waals surface area contributed by atoms with Gasteiger partial charge in [-0.15, -0.1) is 0 Å². The molecule has 0 radical (unpaired) electrons. The van der Waals surface area contributed by atoms with E-state index in [2.05, 4.69) is 47.4 Å². The van der Waals surface area contributed by atoms with Gasteiger partial charge in [0.25, 0.3) is 0 Å². The number of anilines is 1. The molecule has 0 spiro atoms. The molecule has 1 aromatic carbocycles. The zero-order valence-corrected chi connectivity index (χ0v) is 18.9. The number of carbonyl (C=O) groups excluding carboxylic acids is 1. The number of fused-ring (bicyclic) bond motifs is 1. The van der Waals surface area contributed by atoms with Crippen LogP contribution in [0.2, 0.25) is 0 Å². The summed E-state index contributed by atoms with van der Waals surface area (Å²) < 4.78 is 1.82. The SMILES string of the molecule is CC(=O)N1CCC(NC(C)C)=C(C(=N)N2CCCc3cc(-c4cnn(C)c4)ccc32)C1. The number of hydrogen-bond donors (Lipinski definition) is 2. The Morgan fingerprint density at radius 1 is 1.19 bits per heavy atom. The van der Waals surface area contributed by atoms with Crippen molar-refractivity contribution in [2.24, 2.45) is 7.05 Å². The molecule has 3 heterocycles. The molecule has 0 bridgehead atoms. The molecule has 0 saturated carbocycles. The summed E-state index contributed by atoms with van der Waals surface area (Å²) in [7, 11) is 1.93. The van der Waals surface area contributed by atoms with Crippen molar-refractivity contribution in [2.75, 3.05) is 24.5 Å². The summed E-state index contributed by atoms with van der Waals surface area (Å²) in [6, 6.07) is 6.77. The second-order valence-corrected chi connectivity index (χ2v) is 8.80. The van der Waals surface area contributed by atoms with Crippen molar-refractivity contribution in [3.8, 4) is 11.1 Å². The Kier molecular flexibility index (Phi) is 5.85. The van der Waals surface area contributed by atoms with E-state index in [1.165, 1.54) is 5.56 Å². The first-order chi connectivity index (χ1) is 14.8. The molecule has 2 aliphatic rings. The third-order valence-corrected chi connectivity index (χ3v) is 6.05. The van der Waals surface area contributed by atoms with Gasteiger partial charge in [-0.1, -0.05) is 6.07 Å². The summed E-state index contributed by atoms with van der Waals surface area (Å²) in [4.78, 5) is 16.0. The van der Waals surface area contributed by atoms with E-state index in [0.717, 1.165) is 53.9 Å². The van der Waals surface area contributed by atoms with Gasteiger partial charge in [0.1, 0.15) is 5.84 Å². The quantitative estimate of drug-likeness (QED) is 0.588. The minimum Gasteiger partial charge on any atom is -0.386 e. The molecule has 2 aliphatic heterocycles. The van der Waals surface area contributed by atoms with E-state index in [-0.39, 0.29) is 11.9 Å². The van der Waals surface area contributed by atoms with Crippen LogP contribution in [0.3, 0.4) is 0 Å². The van der Waals surface area contributed by atoms with Crippen molar-refractivity contribution in [1.29, 1.82) is 5.41 Å². The summed E-state index contributed by atoms with van der Waals surface area (Å²) in [5.41, 5.74) is 6.64. The molecule has 31 heavy (non-hydrogen) atoms. The topological polar surface area (TPSA) is 77.2 Å². The lowest BCUT2D eigenvalue weighted by atomic mass is 9.95. The molecule has 7 heteroatoms. The molecule has 4 rings (SSSR count). The number of benzene rings is 1. The van der Waals surface area contributed by atoms with Crippen molar-refractivity contribution in [3.05, 3.63) is 47.4 Å². The maximum Gasteiger partial charge on any atom is 0.219 e. The van der Waals surface area contributed by atoms with Crippen LogP contribution < -0.4 is 10.2 Å². The van der Waals surface area contributed by atoms with Gasteiger partial charge in [0, 0.05) is 68.2 Å². The van der Waals surface area contributed by atoms with Gasteiger partial charge in [0.05, 0.1) is 12.7 Å². The maximum atomic E-state index is 12.0. The van der Waals surface area contributed by atoms with Crippen molar-refractivity contribution >= 4 is 17.4 Å². The van der Waals surface area contributed by atoms with Crippen LogP contribution in [-0.2, 0) is 18.3 Å². The molecule has 2 aromatic rings. The monoisotopic (exact) mass is 420 g/mol. The normalized spacial score (nSPS) is 16.5. The Morgan fingerprint density at radius 2 is 2.00 bits per heavy atom. The van der Waals surface area contributed by atoms with E-state index in [1.807, 2.05) is 29.0 Å². The van der Waals surface area contributed by atoms with E-state index < -0.39 is 0 Å². The van der Waals surface area contributed by atoms with Crippen LogP contribution in [0.4, 0.5) is 5.69 Å². The zero-order valence-electron chi connectivity index (χ0n) is 18.9. The maximum absolute atomic E-state index is 12.0. The van der Waals surface area contributed by atoms with Crippen LogP contribution >= 0.6 is 0 Å². The minimum absolute atomic E-state index is 0.0639. The molecule has 1 aromatic heterocycles. The highest BCUT2D eigenvalue weighted by Gasteiger charge is 2.29. The molecule has 0 saturated heterocycles. The van der Waals surface area contributed by atoms with E-state index in [1.54, 1.807) is 6.92 Å². The van der Waals surface area contributed by atoms with Crippen molar-refractivity contribution < 1.29 is 4.79 Å². The van der Waals surface area contributed by atoms with Crippen LogP contribution in [-0.4, -0.2) is 52.1 Å². The average molecular weight is 421 g/mol. The van der Waals surface area contributed by atoms with Crippen LogP contribution in [0.5, 0.6) is 0 Å². The Morgan fingerprint density at radius 3 is 2.68 bits per heavy atom. The predicted octanol–water partition coefficient (Wildman–Crippen LogP) is 3.32. The highest BCUT2D eigenvalue weighted by atomic mass is 16.2. The highest BCUT2D eigenvalue weighted by Crippen LogP contribution is 2.33. The van der Waals surface area contributed by atoms with Crippen molar-refractivity contribution in [2.45, 2.75) is 46.1 Å². The summed E-state index contributed by atoms with van der Waals surface area (Å²) in [6.07, 6.45) is 6.68. The fourth-order valence-electron chi connectivity index (χ4n) is 4.50. The summed E-state index contributed by atoms with van der Waals surface area (Å²) in [5, 5.41) is 16.9. The standard InChI is InChI=1S/C24H32N6O/c1-16(2)27-22-9-11-29(17(3)31)15-21(22)24(25)30-10-5-6-19-12-18(7-8-23(19)30)20-13-26-28(4)14-20/h7-8,12-14,16,25,27H,5-6,9-11,15H2,1-4H3. The lowest BCUT2D eigenvalue weighted by Gasteiger charge is -2.37. The Bertz CT molecular complexity index is 1030. The van der Waals surface area contributed by atoms with Crippen LogP contribution in [0.25, 0.3) is 11.1 Å².